The number of amides is 2. The third kappa shape index (κ3) is 3.47. The van der Waals surface area contributed by atoms with Crippen LogP contribution in [0.2, 0.25) is 0 Å². The van der Waals surface area contributed by atoms with Crippen LogP contribution >= 0.6 is 0 Å². The van der Waals surface area contributed by atoms with Gasteiger partial charge in [-0.1, -0.05) is 12.1 Å². The van der Waals surface area contributed by atoms with Crippen LogP contribution in [0.4, 0.5) is 10.5 Å². The molecule has 0 saturated carbocycles. The first-order chi connectivity index (χ1) is 14.5. The first-order valence-corrected chi connectivity index (χ1v) is 9.47. The molecule has 0 bridgehead atoms. The zero-order valence-electron chi connectivity index (χ0n) is 16.7. The number of anilines is 1. The van der Waals surface area contributed by atoms with Crippen LogP contribution in [-0.2, 0) is 22.4 Å². The van der Waals surface area contributed by atoms with Crippen molar-refractivity contribution in [1.82, 2.24) is 9.88 Å². The number of rotatable bonds is 3. The van der Waals surface area contributed by atoms with E-state index in [1.807, 2.05) is 6.07 Å². The van der Waals surface area contributed by atoms with Crippen LogP contribution in [-0.4, -0.2) is 48.6 Å². The molecule has 2 amide bonds. The van der Waals surface area contributed by atoms with Crippen molar-refractivity contribution in [2.75, 3.05) is 26.1 Å². The second-order valence-electron chi connectivity index (χ2n) is 6.97. The molecule has 8 heteroatoms. The predicted molar refractivity (Wildman–Crippen MR) is 111 cm³/mol. The largest absolute Gasteiger partial charge is 0.465 e. The standard InChI is InChI=1S/C22H21N3O5/c1-29-20(26)13-7-8-18-15(11-13)16-12-25(10-9-19(16)23-18)22(28)24-17-6-4-3-5-14(17)21(27)30-2/h3-8,11,23H,9-10,12H2,1-2H3,(H,24,28). The van der Waals surface area contributed by atoms with Crippen molar-refractivity contribution in [2.45, 2.75) is 13.0 Å². The summed E-state index contributed by atoms with van der Waals surface area (Å²) in [5.74, 6) is -0.921. The lowest BCUT2D eigenvalue weighted by Gasteiger charge is -2.27. The van der Waals surface area contributed by atoms with E-state index in [1.54, 1.807) is 41.3 Å². The maximum Gasteiger partial charge on any atom is 0.339 e. The number of fused-ring (bicyclic) bond motifs is 3. The molecule has 8 nitrogen and oxygen atoms in total. The zero-order valence-corrected chi connectivity index (χ0v) is 16.7. The molecule has 2 aromatic carbocycles. The molecular weight excluding hydrogens is 386 g/mol. The number of carbonyl (C=O) groups is 3. The van der Waals surface area contributed by atoms with Gasteiger partial charge in [0.25, 0.3) is 0 Å². The maximum atomic E-state index is 12.9. The Morgan fingerprint density at radius 2 is 1.80 bits per heavy atom. The molecule has 30 heavy (non-hydrogen) atoms. The Balaban J connectivity index is 1.59. The number of H-pyrrole nitrogens is 1. The average Bonchev–Trinajstić information content (AvgIpc) is 3.15. The molecule has 1 aliphatic heterocycles. The predicted octanol–water partition coefficient (Wildman–Crippen LogP) is 3.33. The Morgan fingerprint density at radius 3 is 2.57 bits per heavy atom. The number of urea groups is 1. The van der Waals surface area contributed by atoms with Gasteiger partial charge in [0.2, 0.25) is 0 Å². The summed E-state index contributed by atoms with van der Waals surface area (Å²) in [6, 6.07) is 11.7. The number of para-hydroxylation sites is 1. The monoisotopic (exact) mass is 407 g/mol. The van der Waals surface area contributed by atoms with E-state index in [0.29, 0.717) is 36.3 Å². The highest BCUT2D eigenvalue weighted by molar-refractivity contribution is 6.01. The van der Waals surface area contributed by atoms with E-state index < -0.39 is 11.9 Å². The molecule has 0 saturated heterocycles. The van der Waals surface area contributed by atoms with Gasteiger partial charge in [-0.05, 0) is 30.3 Å². The van der Waals surface area contributed by atoms with E-state index in [0.717, 1.165) is 22.2 Å². The van der Waals surface area contributed by atoms with E-state index in [4.69, 9.17) is 9.47 Å². The van der Waals surface area contributed by atoms with Crippen LogP contribution in [0.3, 0.4) is 0 Å². The molecule has 1 aliphatic rings. The molecule has 4 rings (SSSR count). The van der Waals surface area contributed by atoms with Gasteiger partial charge in [0.15, 0.2) is 0 Å². The van der Waals surface area contributed by atoms with Crippen LogP contribution in [0.15, 0.2) is 42.5 Å². The number of aromatic amines is 1. The highest BCUT2D eigenvalue weighted by Crippen LogP contribution is 2.29. The van der Waals surface area contributed by atoms with Gasteiger partial charge in [-0.2, -0.15) is 0 Å². The third-order valence-electron chi connectivity index (χ3n) is 5.26. The lowest BCUT2D eigenvalue weighted by Crippen LogP contribution is -2.39. The van der Waals surface area contributed by atoms with Crippen molar-refractivity contribution in [3.8, 4) is 0 Å². The summed E-state index contributed by atoms with van der Waals surface area (Å²) < 4.78 is 9.59. The lowest BCUT2D eigenvalue weighted by molar-refractivity contribution is 0.0592. The molecule has 1 aromatic heterocycles. The molecule has 0 fully saturated rings. The first-order valence-electron chi connectivity index (χ1n) is 9.47. The quantitative estimate of drug-likeness (QED) is 0.649. The van der Waals surface area contributed by atoms with Crippen LogP contribution in [0.5, 0.6) is 0 Å². The highest BCUT2D eigenvalue weighted by Gasteiger charge is 2.25. The number of hydrogen-bond acceptors (Lipinski definition) is 5. The van der Waals surface area contributed by atoms with E-state index in [9.17, 15) is 14.4 Å². The van der Waals surface area contributed by atoms with Crippen LogP contribution in [0.1, 0.15) is 32.0 Å². The second-order valence-corrected chi connectivity index (χ2v) is 6.97. The summed E-state index contributed by atoms with van der Waals surface area (Å²) in [5.41, 5.74) is 4.07. The molecule has 0 atom stereocenters. The van der Waals surface area contributed by atoms with Crippen molar-refractivity contribution in [3.05, 3.63) is 64.8 Å². The number of carbonyl (C=O) groups excluding carboxylic acids is 3. The highest BCUT2D eigenvalue weighted by atomic mass is 16.5. The maximum absolute atomic E-state index is 12.9. The van der Waals surface area contributed by atoms with Gasteiger partial charge in [-0.15, -0.1) is 0 Å². The number of nitrogens with one attached hydrogen (secondary N) is 2. The number of nitrogens with zero attached hydrogens (tertiary/aromatic N) is 1. The van der Waals surface area contributed by atoms with E-state index >= 15 is 0 Å². The van der Waals surface area contributed by atoms with Gasteiger partial charge in [-0.3, -0.25) is 0 Å². The fourth-order valence-corrected chi connectivity index (χ4v) is 3.71. The third-order valence-corrected chi connectivity index (χ3v) is 5.26. The number of ether oxygens (including phenoxy) is 2. The summed E-state index contributed by atoms with van der Waals surface area (Å²) in [6.45, 7) is 0.905. The number of hydrogen-bond donors (Lipinski definition) is 2. The summed E-state index contributed by atoms with van der Waals surface area (Å²) in [4.78, 5) is 41.8. The van der Waals surface area contributed by atoms with Crippen molar-refractivity contribution >= 4 is 34.6 Å². The van der Waals surface area contributed by atoms with Gasteiger partial charge in [0.1, 0.15) is 0 Å². The normalized spacial score (nSPS) is 12.9. The molecule has 0 aliphatic carbocycles. The lowest BCUT2D eigenvalue weighted by atomic mass is 10.0. The second kappa shape index (κ2) is 7.90. The Morgan fingerprint density at radius 1 is 1.03 bits per heavy atom. The smallest absolute Gasteiger partial charge is 0.339 e. The minimum atomic E-state index is -0.515. The van der Waals surface area contributed by atoms with Gasteiger partial charge >= 0.3 is 18.0 Å². The molecule has 0 unspecified atom stereocenters. The molecule has 0 spiro atoms. The van der Waals surface area contributed by atoms with Gasteiger partial charge < -0.3 is 24.7 Å². The summed E-state index contributed by atoms with van der Waals surface area (Å²) in [6.07, 6.45) is 0.656. The number of esters is 2. The van der Waals surface area contributed by atoms with Crippen molar-refractivity contribution in [1.29, 1.82) is 0 Å². The SMILES string of the molecule is COC(=O)c1ccc2[nH]c3c(c2c1)CN(C(=O)Nc1ccccc1C(=O)OC)CC3. The molecule has 154 valence electrons. The van der Waals surface area contributed by atoms with Gasteiger partial charge in [-0.25, -0.2) is 14.4 Å². The van der Waals surface area contributed by atoms with Crippen LogP contribution < -0.4 is 5.32 Å². The molecule has 2 heterocycles. The molecule has 2 N–H and O–H groups in total. The van der Waals surface area contributed by atoms with Crippen LogP contribution in [0.25, 0.3) is 10.9 Å². The van der Waals surface area contributed by atoms with E-state index in [1.165, 1.54) is 14.2 Å². The van der Waals surface area contributed by atoms with Crippen LogP contribution in [0, 0.1) is 0 Å². The fourth-order valence-electron chi connectivity index (χ4n) is 3.71. The number of methoxy groups -OCH3 is 2. The first kappa shape index (κ1) is 19.5. The topological polar surface area (TPSA) is 101 Å². The molecular formula is C22H21N3O5. The minimum absolute atomic E-state index is 0.292. The Hall–Kier alpha value is -3.81. The Bertz CT molecular complexity index is 1150. The molecule has 3 aromatic rings. The Labute approximate surface area is 172 Å². The Kier molecular flexibility index (Phi) is 5.14. The van der Waals surface area contributed by atoms with Crippen molar-refractivity contribution < 1.29 is 23.9 Å². The number of benzene rings is 2. The van der Waals surface area contributed by atoms with Crippen molar-refractivity contribution in [2.24, 2.45) is 0 Å². The minimum Gasteiger partial charge on any atom is -0.465 e. The van der Waals surface area contributed by atoms with Gasteiger partial charge in [0.05, 0.1) is 31.0 Å². The van der Waals surface area contributed by atoms with Gasteiger partial charge in [0, 0.05) is 41.7 Å². The zero-order chi connectivity index (χ0) is 21.3. The molecule has 0 radical (unpaired) electrons. The summed E-state index contributed by atoms with van der Waals surface area (Å²) in [5, 5.41) is 3.70. The summed E-state index contributed by atoms with van der Waals surface area (Å²) in [7, 11) is 2.64. The van der Waals surface area contributed by atoms with E-state index in [-0.39, 0.29) is 6.03 Å². The van der Waals surface area contributed by atoms with Crippen molar-refractivity contribution in [3.63, 3.8) is 0 Å². The van der Waals surface area contributed by atoms with E-state index in [2.05, 4.69) is 10.3 Å². The number of aromatic nitrogens is 1. The fraction of sp³-hybridized carbons (Fsp3) is 0.227. The average molecular weight is 407 g/mol. The summed E-state index contributed by atoms with van der Waals surface area (Å²) >= 11 is 0.